The second kappa shape index (κ2) is 12.4. The molecule has 212 valence electrons. The Morgan fingerprint density at radius 2 is 1.95 bits per heavy atom. The van der Waals surface area contributed by atoms with Crippen LogP contribution in [0.4, 0.5) is 10.5 Å². The number of rotatable bonds is 11. The molecule has 0 bridgehead atoms. The molecule has 1 aromatic heterocycles. The summed E-state index contributed by atoms with van der Waals surface area (Å²) in [6.07, 6.45) is 2.47. The molecule has 3 amide bonds. The molecule has 1 fully saturated rings. The van der Waals surface area contributed by atoms with Crippen molar-refractivity contribution in [3.8, 4) is 0 Å². The van der Waals surface area contributed by atoms with E-state index in [1.54, 1.807) is 37.8 Å². The van der Waals surface area contributed by atoms with Crippen molar-refractivity contribution in [3.05, 3.63) is 52.3 Å². The summed E-state index contributed by atoms with van der Waals surface area (Å²) >= 11 is 0. The monoisotopic (exact) mass is 564 g/mol. The maximum absolute atomic E-state index is 13.3. The van der Waals surface area contributed by atoms with Gasteiger partial charge in [-0.25, -0.2) is 23.8 Å². The van der Waals surface area contributed by atoms with E-state index in [1.165, 1.54) is 12.1 Å². The third-order valence-corrected chi connectivity index (χ3v) is 6.39. The van der Waals surface area contributed by atoms with Gasteiger partial charge < -0.3 is 31.0 Å². The van der Waals surface area contributed by atoms with Crippen LogP contribution >= 0.6 is 7.82 Å². The fourth-order valence-electron chi connectivity index (χ4n) is 3.78. The summed E-state index contributed by atoms with van der Waals surface area (Å²) in [5.74, 6) is -0.810. The lowest BCUT2D eigenvalue weighted by molar-refractivity contribution is 0.0193. The van der Waals surface area contributed by atoms with E-state index in [0.29, 0.717) is 47.5 Å². The minimum absolute atomic E-state index is 0.0946. The number of aromatic nitrogens is 1. The predicted octanol–water partition coefficient (Wildman–Crippen LogP) is 2.26. The van der Waals surface area contributed by atoms with Gasteiger partial charge in [-0.3, -0.25) is 14.3 Å². The normalized spacial score (nSPS) is 13.6. The van der Waals surface area contributed by atoms with E-state index in [1.807, 2.05) is 6.92 Å². The van der Waals surface area contributed by atoms with E-state index >= 15 is 0 Å². The van der Waals surface area contributed by atoms with Gasteiger partial charge in [0.1, 0.15) is 11.5 Å². The molecule has 1 saturated carbocycles. The Balaban J connectivity index is 1.89. The first kappa shape index (κ1) is 29.8. The predicted molar refractivity (Wildman–Crippen MR) is 142 cm³/mol. The van der Waals surface area contributed by atoms with Crippen LogP contribution in [0, 0.1) is 13.8 Å². The smallest absolute Gasteiger partial charge is 0.421 e. The van der Waals surface area contributed by atoms with Crippen LogP contribution in [-0.4, -0.2) is 69.5 Å². The average molecular weight is 565 g/mol. The highest BCUT2D eigenvalue weighted by molar-refractivity contribution is 7.46. The van der Waals surface area contributed by atoms with Crippen molar-refractivity contribution < 1.29 is 38.0 Å². The topological polar surface area (TPSA) is 198 Å². The molecule has 1 aromatic carbocycles. The molecule has 3 rings (SSSR count). The van der Waals surface area contributed by atoms with Crippen LogP contribution in [0.25, 0.3) is 0 Å². The number of imide groups is 1. The zero-order valence-corrected chi connectivity index (χ0v) is 23.0. The zero-order valence-electron chi connectivity index (χ0n) is 22.1. The Bertz CT molecular complexity index is 1330. The minimum Gasteiger partial charge on any atom is -0.421 e. The van der Waals surface area contributed by atoms with Gasteiger partial charge in [0, 0.05) is 31.4 Å². The largest absolute Gasteiger partial charge is 0.472 e. The highest BCUT2D eigenvalue weighted by atomic mass is 31.2. The number of phosphoric ester groups is 1. The van der Waals surface area contributed by atoms with E-state index in [2.05, 4.69) is 20.3 Å². The lowest BCUT2D eigenvalue weighted by Gasteiger charge is -2.20. The summed E-state index contributed by atoms with van der Waals surface area (Å²) in [6, 6.07) is 4.26. The average Bonchev–Trinajstić information content (AvgIpc) is 3.64. The van der Waals surface area contributed by atoms with Crippen LogP contribution in [0.15, 0.2) is 29.4 Å². The minimum atomic E-state index is -4.85. The first-order valence-corrected chi connectivity index (χ1v) is 13.7. The van der Waals surface area contributed by atoms with E-state index < -0.39 is 32.7 Å². The maximum atomic E-state index is 13.3. The number of carbonyl (C=O) groups is 3. The second-order valence-corrected chi connectivity index (χ2v) is 10.2. The third-order valence-electron chi connectivity index (χ3n) is 5.95. The Kier molecular flexibility index (Phi) is 9.51. The number of hydrogen-bond donors (Lipinski definition) is 5. The highest BCUT2D eigenvalue weighted by Crippen LogP contribution is 2.36. The van der Waals surface area contributed by atoms with Crippen LogP contribution in [-0.2, 0) is 13.8 Å². The molecular formula is C24H33N6O8P. The van der Waals surface area contributed by atoms with Gasteiger partial charge in [-0.15, -0.1) is 0 Å². The van der Waals surface area contributed by atoms with Gasteiger partial charge in [-0.05, 0) is 56.4 Å². The van der Waals surface area contributed by atoms with E-state index in [-0.39, 0.29) is 17.3 Å². The van der Waals surface area contributed by atoms with Gasteiger partial charge >= 0.3 is 13.9 Å². The lowest BCUT2D eigenvalue weighted by Crippen LogP contribution is -2.39. The molecule has 1 aliphatic rings. The molecular weight excluding hydrogens is 531 g/mol. The quantitative estimate of drug-likeness (QED) is 0.117. The summed E-state index contributed by atoms with van der Waals surface area (Å²) in [6.45, 7) is 5.01. The van der Waals surface area contributed by atoms with Gasteiger partial charge in [0.05, 0.1) is 11.3 Å². The standard InChI is InChI=1S/C24H33N6O8P/c1-5-10-27-22(31)18-12-29(26-4)20(15(18)3)21(25)28-19-11-16(7-6-14(19)2)23(32)30(17-8-9-17)24(33)37-13-38-39(34,35)36/h6-7,11-12,17,26H,5,8-10,13H2,1-4H3,(H2,25,28)(H,27,31)(H2,34,35,36). The van der Waals surface area contributed by atoms with Crippen LogP contribution in [0.5, 0.6) is 0 Å². The molecule has 6 N–H and O–H groups in total. The molecule has 39 heavy (non-hydrogen) atoms. The molecule has 0 aliphatic heterocycles. The Morgan fingerprint density at radius 1 is 1.26 bits per heavy atom. The van der Waals surface area contributed by atoms with Crippen molar-refractivity contribution in [1.29, 1.82) is 0 Å². The number of ether oxygens (including phenoxy) is 1. The van der Waals surface area contributed by atoms with E-state index in [4.69, 9.17) is 20.3 Å². The molecule has 14 nitrogen and oxygen atoms in total. The highest BCUT2D eigenvalue weighted by Gasteiger charge is 2.39. The fourth-order valence-corrected chi connectivity index (χ4v) is 3.97. The zero-order chi connectivity index (χ0) is 28.9. The number of nitrogens with one attached hydrogen (secondary N) is 2. The van der Waals surface area contributed by atoms with Crippen LogP contribution in [0.2, 0.25) is 0 Å². The second-order valence-electron chi connectivity index (χ2n) is 8.92. The van der Waals surface area contributed by atoms with Crippen molar-refractivity contribution >= 4 is 37.3 Å². The Morgan fingerprint density at radius 3 is 2.54 bits per heavy atom. The van der Waals surface area contributed by atoms with Gasteiger partial charge in [-0.2, -0.15) is 0 Å². The SMILES string of the molecule is CCCNC(=O)c1cn(NC)c(C(N)=Nc2cc(C(=O)N(C(=O)OCOP(=O)(O)O)C3CC3)ccc2C)c1C. The van der Waals surface area contributed by atoms with Crippen molar-refractivity contribution in [3.63, 3.8) is 0 Å². The van der Waals surface area contributed by atoms with Crippen molar-refractivity contribution in [2.45, 2.75) is 46.1 Å². The number of benzene rings is 1. The molecule has 0 unspecified atom stereocenters. The van der Waals surface area contributed by atoms with Gasteiger partial charge in [0.15, 0.2) is 0 Å². The Labute approximate surface area is 225 Å². The molecule has 1 aliphatic carbocycles. The van der Waals surface area contributed by atoms with Gasteiger partial charge in [0.25, 0.3) is 11.8 Å². The van der Waals surface area contributed by atoms with Crippen molar-refractivity contribution in [1.82, 2.24) is 14.9 Å². The number of aryl methyl sites for hydroxylation is 1. The molecule has 0 atom stereocenters. The van der Waals surface area contributed by atoms with Crippen LogP contribution in [0.3, 0.4) is 0 Å². The van der Waals surface area contributed by atoms with E-state index in [9.17, 15) is 18.9 Å². The summed E-state index contributed by atoms with van der Waals surface area (Å²) < 4.78 is 21.3. The Hall–Kier alpha value is -3.71. The van der Waals surface area contributed by atoms with E-state index in [0.717, 1.165) is 11.3 Å². The lowest BCUT2D eigenvalue weighted by atomic mass is 10.1. The first-order chi connectivity index (χ1) is 18.4. The number of aliphatic imine (C=N–C) groups is 1. The van der Waals surface area contributed by atoms with Crippen molar-refractivity contribution in [2.75, 3.05) is 25.8 Å². The molecule has 1 heterocycles. The number of phosphoric acid groups is 1. The number of hydrogen-bond acceptors (Lipinski definition) is 8. The maximum Gasteiger partial charge on any atom is 0.472 e. The summed E-state index contributed by atoms with van der Waals surface area (Å²) in [5.41, 5.74) is 12.1. The number of carbonyl (C=O) groups excluding carboxylic acids is 3. The molecule has 0 spiro atoms. The summed E-state index contributed by atoms with van der Waals surface area (Å²) in [7, 11) is -3.18. The van der Waals surface area contributed by atoms with Crippen molar-refractivity contribution in [2.24, 2.45) is 10.7 Å². The summed E-state index contributed by atoms with van der Waals surface area (Å²) in [5, 5.41) is 2.84. The number of nitrogens with zero attached hydrogens (tertiary/aromatic N) is 3. The molecule has 2 aromatic rings. The molecule has 0 saturated heterocycles. The molecule has 15 heteroatoms. The summed E-state index contributed by atoms with van der Waals surface area (Å²) in [4.78, 5) is 61.3. The number of nitrogens with two attached hydrogens (primary N) is 1. The number of amides is 3. The first-order valence-electron chi connectivity index (χ1n) is 12.2. The van der Waals surface area contributed by atoms with Gasteiger partial charge in [0.2, 0.25) is 6.79 Å². The van der Waals surface area contributed by atoms with Crippen LogP contribution < -0.4 is 16.5 Å². The molecule has 0 radical (unpaired) electrons. The third kappa shape index (κ3) is 7.45. The van der Waals surface area contributed by atoms with Crippen LogP contribution in [0.1, 0.15) is 63.7 Å². The fraction of sp³-hybridized carbons (Fsp3) is 0.417. The number of amidine groups is 1. The van der Waals surface area contributed by atoms with Gasteiger partial charge in [-0.1, -0.05) is 13.0 Å².